The van der Waals surface area contributed by atoms with E-state index >= 15 is 0 Å². The van der Waals surface area contributed by atoms with Crippen molar-refractivity contribution in [3.05, 3.63) is 24.3 Å². The first-order valence-electron chi connectivity index (χ1n) is 11.0. The number of carbonyl (C=O) groups is 1. The SMILES string of the molecule is C/C=C/C1OC(=O)CC2CC(O)C[C@H](CC3CCC[C@H](CC/C=C/C1C)O3)O2. The molecule has 2 fully saturated rings. The molecule has 5 nitrogen and oxygen atoms in total. The van der Waals surface area contributed by atoms with Crippen molar-refractivity contribution >= 4 is 5.97 Å². The van der Waals surface area contributed by atoms with Crippen molar-refractivity contribution in [1.82, 2.24) is 0 Å². The highest BCUT2D eigenvalue weighted by Gasteiger charge is 2.34. The number of cyclic esters (lactones) is 1. The van der Waals surface area contributed by atoms with Crippen LogP contribution in [0.5, 0.6) is 0 Å². The predicted octanol–water partition coefficient (Wildman–Crippen LogP) is 4.09. The van der Waals surface area contributed by atoms with Crippen LogP contribution in [-0.4, -0.2) is 47.7 Å². The van der Waals surface area contributed by atoms with Gasteiger partial charge >= 0.3 is 5.97 Å². The van der Waals surface area contributed by atoms with Crippen molar-refractivity contribution in [3.63, 3.8) is 0 Å². The van der Waals surface area contributed by atoms with Gasteiger partial charge in [0.1, 0.15) is 6.10 Å². The van der Waals surface area contributed by atoms with Gasteiger partial charge in [-0.05, 0) is 57.9 Å². The van der Waals surface area contributed by atoms with Crippen LogP contribution >= 0.6 is 0 Å². The molecular formula is C23H36O5. The lowest BCUT2D eigenvalue weighted by molar-refractivity contribution is -0.160. The maximum atomic E-state index is 12.5. The Hall–Kier alpha value is -1.17. The number of rotatable bonds is 1. The Bertz CT molecular complexity index is 557. The van der Waals surface area contributed by atoms with Gasteiger partial charge in [0, 0.05) is 12.3 Å². The fourth-order valence-corrected chi connectivity index (χ4v) is 4.63. The summed E-state index contributed by atoms with van der Waals surface area (Å²) in [6.07, 6.45) is 15.1. The Labute approximate surface area is 169 Å². The molecule has 2 saturated heterocycles. The van der Waals surface area contributed by atoms with Crippen LogP contribution in [0, 0.1) is 5.92 Å². The summed E-state index contributed by atoms with van der Waals surface area (Å²) >= 11 is 0. The molecule has 3 aliphatic rings. The number of hydrogen-bond acceptors (Lipinski definition) is 5. The molecule has 7 atom stereocenters. The van der Waals surface area contributed by atoms with Gasteiger partial charge in [0.05, 0.1) is 36.9 Å². The topological polar surface area (TPSA) is 65.0 Å². The summed E-state index contributed by atoms with van der Waals surface area (Å²) in [6, 6.07) is 0. The minimum atomic E-state index is -0.428. The van der Waals surface area contributed by atoms with Crippen LogP contribution < -0.4 is 0 Å². The monoisotopic (exact) mass is 392 g/mol. The summed E-state index contributed by atoms with van der Waals surface area (Å²) < 4.78 is 18.2. The molecule has 0 spiro atoms. The largest absolute Gasteiger partial charge is 0.457 e. The predicted molar refractivity (Wildman–Crippen MR) is 108 cm³/mol. The van der Waals surface area contributed by atoms with Crippen molar-refractivity contribution in [2.75, 3.05) is 0 Å². The minimum Gasteiger partial charge on any atom is -0.457 e. The van der Waals surface area contributed by atoms with Crippen LogP contribution in [0.25, 0.3) is 0 Å². The molecule has 0 amide bonds. The first kappa shape index (κ1) is 21.5. The highest BCUT2D eigenvalue weighted by Crippen LogP contribution is 2.31. The van der Waals surface area contributed by atoms with Crippen LogP contribution in [0.4, 0.5) is 0 Å². The summed E-state index contributed by atoms with van der Waals surface area (Å²) in [7, 11) is 0. The minimum absolute atomic E-state index is 0.0524. The van der Waals surface area contributed by atoms with E-state index in [1.54, 1.807) is 0 Å². The Morgan fingerprint density at radius 2 is 1.79 bits per heavy atom. The number of ether oxygens (including phenoxy) is 3. The van der Waals surface area contributed by atoms with E-state index in [9.17, 15) is 9.90 Å². The molecular weight excluding hydrogens is 356 g/mol. The molecule has 4 bridgehead atoms. The van der Waals surface area contributed by atoms with Crippen molar-refractivity contribution in [2.24, 2.45) is 5.92 Å². The third kappa shape index (κ3) is 6.43. The third-order valence-electron chi connectivity index (χ3n) is 6.07. The van der Waals surface area contributed by atoms with Gasteiger partial charge in [0.25, 0.3) is 0 Å². The normalized spacial score (nSPS) is 42.1. The summed E-state index contributed by atoms with van der Waals surface area (Å²) in [5.74, 6) is -0.152. The highest BCUT2D eigenvalue weighted by molar-refractivity contribution is 5.70. The standard InChI is InChI=1S/C23H36O5/c1-3-7-22-16(2)8-4-5-9-18-10-6-11-19(26-18)14-20-12-17(24)13-21(27-20)15-23(25)28-22/h3-4,7-8,16-22,24H,5-6,9-15H2,1-2H3/b7-3+,8-4+/t16?,17?,18-,19?,20+,21?,22?/m0/s1. The first-order chi connectivity index (χ1) is 13.5. The molecule has 5 heteroatoms. The average molecular weight is 393 g/mol. The van der Waals surface area contributed by atoms with Gasteiger partial charge < -0.3 is 19.3 Å². The second kappa shape index (κ2) is 10.6. The van der Waals surface area contributed by atoms with Gasteiger partial charge in [-0.3, -0.25) is 4.79 Å². The quantitative estimate of drug-likeness (QED) is 0.538. The van der Waals surface area contributed by atoms with Crippen LogP contribution in [0.2, 0.25) is 0 Å². The maximum Gasteiger partial charge on any atom is 0.309 e. The summed E-state index contributed by atoms with van der Waals surface area (Å²) in [6.45, 7) is 4.01. The number of fused-ring (bicyclic) bond motifs is 4. The first-order valence-corrected chi connectivity index (χ1v) is 11.0. The van der Waals surface area contributed by atoms with Crippen LogP contribution in [-0.2, 0) is 19.0 Å². The number of aliphatic hydroxyl groups excluding tert-OH is 1. The lowest BCUT2D eigenvalue weighted by Gasteiger charge is -2.37. The van der Waals surface area contributed by atoms with E-state index in [0.29, 0.717) is 18.9 Å². The van der Waals surface area contributed by atoms with Crippen LogP contribution in [0.1, 0.15) is 71.6 Å². The molecule has 3 rings (SSSR count). The molecule has 0 aromatic rings. The molecule has 0 saturated carbocycles. The second-order valence-corrected chi connectivity index (χ2v) is 8.60. The van der Waals surface area contributed by atoms with Gasteiger partial charge in [-0.1, -0.05) is 25.2 Å². The summed E-state index contributed by atoms with van der Waals surface area (Å²) in [4.78, 5) is 12.5. The van der Waals surface area contributed by atoms with E-state index in [1.807, 2.05) is 19.1 Å². The molecule has 28 heavy (non-hydrogen) atoms. The highest BCUT2D eigenvalue weighted by atomic mass is 16.6. The zero-order valence-electron chi connectivity index (χ0n) is 17.3. The molecule has 3 heterocycles. The van der Waals surface area contributed by atoms with Crippen LogP contribution in [0.3, 0.4) is 0 Å². The Morgan fingerprint density at radius 3 is 2.61 bits per heavy atom. The van der Waals surface area contributed by atoms with Crippen molar-refractivity contribution in [1.29, 1.82) is 0 Å². The van der Waals surface area contributed by atoms with Crippen molar-refractivity contribution < 1.29 is 24.1 Å². The van der Waals surface area contributed by atoms with Gasteiger partial charge in [0.2, 0.25) is 0 Å². The van der Waals surface area contributed by atoms with Gasteiger partial charge in [-0.15, -0.1) is 0 Å². The lowest BCUT2D eigenvalue weighted by atomic mass is 9.92. The summed E-state index contributed by atoms with van der Waals surface area (Å²) in [5, 5.41) is 10.3. The number of esters is 1. The van der Waals surface area contributed by atoms with E-state index in [1.165, 1.54) is 6.42 Å². The smallest absolute Gasteiger partial charge is 0.309 e. The zero-order valence-corrected chi connectivity index (χ0v) is 17.3. The van der Waals surface area contributed by atoms with Crippen LogP contribution in [0.15, 0.2) is 24.3 Å². The van der Waals surface area contributed by atoms with E-state index in [-0.39, 0.29) is 42.7 Å². The van der Waals surface area contributed by atoms with E-state index in [2.05, 4.69) is 19.1 Å². The van der Waals surface area contributed by atoms with Crippen molar-refractivity contribution in [2.45, 2.75) is 108 Å². The van der Waals surface area contributed by atoms with Crippen molar-refractivity contribution in [3.8, 4) is 0 Å². The average Bonchev–Trinajstić information content (AvgIpc) is 2.64. The number of aliphatic hydroxyl groups is 1. The molecule has 158 valence electrons. The maximum absolute atomic E-state index is 12.5. The van der Waals surface area contributed by atoms with E-state index in [0.717, 1.165) is 32.1 Å². The number of allylic oxidation sites excluding steroid dienone is 2. The second-order valence-electron chi connectivity index (χ2n) is 8.60. The van der Waals surface area contributed by atoms with Gasteiger partial charge in [0.15, 0.2) is 0 Å². The molecule has 1 N–H and O–H groups in total. The molecule has 5 unspecified atom stereocenters. The molecule has 0 aliphatic carbocycles. The molecule has 0 aromatic carbocycles. The lowest BCUT2D eigenvalue weighted by Crippen LogP contribution is -2.40. The summed E-state index contributed by atoms with van der Waals surface area (Å²) in [5.41, 5.74) is 0. The number of hydrogen-bond donors (Lipinski definition) is 1. The molecule has 0 aromatic heterocycles. The molecule has 3 aliphatic heterocycles. The number of carbonyl (C=O) groups excluding carboxylic acids is 1. The van der Waals surface area contributed by atoms with Gasteiger partial charge in [-0.2, -0.15) is 0 Å². The fourth-order valence-electron chi connectivity index (χ4n) is 4.63. The fraction of sp³-hybridized carbons (Fsp3) is 0.783. The van der Waals surface area contributed by atoms with Gasteiger partial charge in [-0.25, -0.2) is 0 Å². The molecule has 0 radical (unpaired) electrons. The third-order valence-corrected chi connectivity index (χ3v) is 6.07. The zero-order chi connectivity index (χ0) is 19.9. The Morgan fingerprint density at radius 1 is 1.04 bits per heavy atom. The van der Waals surface area contributed by atoms with E-state index < -0.39 is 6.10 Å². The Kier molecular flexibility index (Phi) is 8.12. The van der Waals surface area contributed by atoms with E-state index in [4.69, 9.17) is 14.2 Å². The Balaban J connectivity index is 1.73.